The zero-order chi connectivity index (χ0) is 45.1. The summed E-state index contributed by atoms with van der Waals surface area (Å²) in [6.45, 7) is 4.88. The first-order chi connectivity index (χ1) is 30.5. The van der Waals surface area contributed by atoms with Crippen LogP contribution in [0.25, 0.3) is 0 Å². The summed E-state index contributed by atoms with van der Waals surface area (Å²) >= 11 is 0. The number of aliphatic hydroxyl groups is 2. The van der Waals surface area contributed by atoms with E-state index in [-0.39, 0.29) is 18.5 Å². The first kappa shape index (κ1) is 60.1. The topological polar surface area (TPSA) is 95.9 Å². The van der Waals surface area contributed by atoms with Gasteiger partial charge in [0, 0.05) is 12.8 Å². The van der Waals surface area contributed by atoms with Gasteiger partial charge in [-0.2, -0.15) is 0 Å². The number of amides is 1. The number of unbranched alkanes of at least 4 members (excludes halogenated alkanes) is 33. The predicted octanol–water partition coefficient (Wildman–Crippen LogP) is 16.5. The van der Waals surface area contributed by atoms with Gasteiger partial charge in [-0.25, -0.2) is 0 Å². The number of ether oxygens (including phenoxy) is 1. The highest BCUT2D eigenvalue weighted by atomic mass is 16.5. The molecule has 0 heterocycles. The van der Waals surface area contributed by atoms with Gasteiger partial charge in [0.2, 0.25) is 5.91 Å². The van der Waals surface area contributed by atoms with Gasteiger partial charge < -0.3 is 20.3 Å². The van der Waals surface area contributed by atoms with Crippen molar-refractivity contribution in [1.29, 1.82) is 0 Å². The van der Waals surface area contributed by atoms with Crippen molar-refractivity contribution in [3.05, 3.63) is 36.5 Å². The Kier molecular flexibility index (Phi) is 50.1. The summed E-state index contributed by atoms with van der Waals surface area (Å²) in [5.74, 6) is -0.140. The molecule has 0 aromatic rings. The molecule has 0 fully saturated rings. The smallest absolute Gasteiger partial charge is 0.305 e. The van der Waals surface area contributed by atoms with Crippen LogP contribution in [-0.4, -0.2) is 47.4 Å². The fraction of sp³-hybridized carbons (Fsp3) is 0.857. The molecule has 6 heteroatoms. The lowest BCUT2D eigenvalue weighted by Crippen LogP contribution is -2.45. The van der Waals surface area contributed by atoms with Crippen molar-refractivity contribution in [3.8, 4) is 0 Å². The molecule has 0 radical (unpaired) electrons. The Bertz CT molecular complexity index is 1010. The fourth-order valence-electron chi connectivity index (χ4n) is 8.21. The maximum absolute atomic E-state index is 12.4. The molecule has 0 bridgehead atoms. The second-order valence-corrected chi connectivity index (χ2v) is 18.6. The Labute approximate surface area is 385 Å². The summed E-state index contributed by atoms with van der Waals surface area (Å²) in [7, 11) is 0. The molecule has 364 valence electrons. The predicted molar refractivity (Wildman–Crippen MR) is 269 cm³/mol. The summed E-state index contributed by atoms with van der Waals surface area (Å²) in [6.07, 6.45) is 62.7. The molecule has 0 rings (SSSR count). The van der Waals surface area contributed by atoms with Crippen LogP contribution in [0.15, 0.2) is 36.5 Å². The van der Waals surface area contributed by atoms with Crippen LogP contribution in [0.3, 0.4) is 0 Å². The molecule has 62 heavy (non-hydrogen) atoms. The number of aliphatic hydroxyl groups excluding tert-OH is 2. The van der Waals surface area contributed by atoms with Crippen molar-refractivity contribution >= 4 is 11.9 Å². The minimum atomic E-state index is -0.700. The molecule has 0 aliphatic rings. The van der Waals surface area contributed by atoms with Gasteiger partial charge in [-0.1, -0.05) is 237 Å². The molecule has 0 saturated carbocycles. The molecule has 2 atom stereocenters. The van der Waals surface area contributed by atoms with E-state index in [2.05, 4.69) is 49.5 Å². The molecule has 0 aromatic carbocycles. The van der Waals surface area contributed by atoms with Crippen LogP contribution < -0.4 is 5.32 Å². The number of nitrogens with one attached hydrogen (secondary N) is 1. The highest BCUT2D eigenvalue weighted by Gasteiger charge is 2.19. The third kappa shape index (κ3) is 47.6. The summed E-state index contributed by atoms with van der Waals surface area (Å²) in [5, 5.41) is 23.2. The molecule has 1 amide bonds. The molecular formula is C56H105NO5. The van der Waals surface area contributed by atoms with Crippen LogP contribution in [0.4, 0.5) is 0 Å². The van der Waals surface area contributed by atoms with Crippen LogP contribution in [0, 0.1) is 0 Å². The molecular weight excluding hydrogens is 767 g/mol. The molecule has 0 spiro atoms. The van der Waals surface area contributed by atoms with E-state index in [1.807, 2.05) is 6.08 Å². The van der Waals surface area contributed by atoms with Crippen LogP contribution in [0.5, 0.6) is 0 Å². The first-order valence-corrected chi connectivity index (χ1v) is 27.2. The minimum absolute atomic E-state index is 0.0250. The highest BCUT2D eigenvalue weighted by molar-refractivity contribution is 5.76. The zero-order valence-electron chi connectivity index (χ0n) is 41.4. The third-order valence-corrected chi connectivity index (χ3v) is 12.4. The maximum atomic E-state index is 12.4. The normalized spacial score (nSPS) is 12.9. The largest absolute Gasteiger partial charge is 0.466 e. The molecule has 0 aliphatic carbocycles. The zero-order valence-corrected chi connectivity index (χ0v) is 41.4. The second-order valence-electron chi connectivity index (χ2n) is 18.6. The van der Waals surface area contributed by atoms with Gasteiger partial charge in [0.1, 0.15) is 0 Å². The van der Waals surface area contributed by atoms with Crippen LogP contribution in [0.2, 0.25) is 0 Å². The van der Waals surface area contributed by atoms with Gasteiger partial charge in [0.25, 0.3) is 0 Å². The molecule has 0 aromatic heterocycles. The van der Waals surface area contributed by atoms with Crippen LogP contribution in [0.1, 0.15) is 284 Å². The lowest BCUT2D eigenvalue weighted by molar-refractivity contribution is -0.143. The molecule has 2 unspecified atom stereocenters. The third-order valence-electron chi connectivity index (χ3n) is 12.4. The molecule has 3 N–H and O–H groups in total. The Morgan fingerprint density at radius 3 is 1.27 bits per heavy atom. The first-order valence-electron chi connectivity index (χ1n) is 27.2. The standard InChI is InChI=1S/C56H105NO5/c1-3-5-7-9-11-13-15-17-19-20-22-24-28-32-36-40-44-48-54(59)53(52-58)57-55(60)49-45-41-37-33-29-25-23-27-31-35-39-43-47-51-62-56(61)50-46-42-38-34-30-26-21-18-16-14-12-10-8-6-4-2/h18,21,25,29,37,41,53-54,58-59H,3-17,19-20,22-24,26-28,30-36,38-40,42-52H2,1-2H3,(H,57,60)/b21-18-,29-25-,41-37-. The summed E-state index contributed by atoms with van der Waals surface area (Å²) in [6, 6.07) is -0.586. The van der Waals surface area contributed by atoms with Gasteiger partial charge >= 0.3 is 5.97 Å². The van der Waals surface area contributed by atoms with E-state index < -0.39 is 12.1 Å². The Balaban J connectivity index is 3.55. The van der Waals surface area contributed by atoms with Crippen LogP contribution >= 0.6 is 0 Å². The summed E-state index contributed by atoms with van der Waals surface area (Å²) in [5.41, 5.74) is 0. The van der Waals surface area contributed by atoms with Crippen molar-refractivity contribution in [2.45, 2.75) is 296 Å². The Morgan fingerprint density at radius 1 is 0.452 bits per heavy atom. The minimum Gasteiger partial charge on any atom is -0.466 e. The number of rotatable bonds is 50. The van der Waals surface area contributed by atoms with Crippen molar-refractivity contribution in [2.24, 2.45) is 0 Å². The van der Waals surface area contributed by atoms with Gasteiger partial charge in [0.15, 0.2) is 0 Å². The lowest BCUT2D eigenvalue weighted by Gasteiger charge is -2.22. The number of hydrogen-bond donors (Lipinski definition) is 3. The van der Waals surface area contributed by atoms with Gasteiger partial charge in [-0.15, -0.1) is 0 Å². The molecule has 6 nitrogen and oxygen atoms in total. The monoisotopic (exact) mass is 872 g/mol. The van der Waals surface area contributed by atoms with Gasteiger partial charge in [-0.05, 0) is 70.6 Å². The Morgan fingerprint density at radius 2 is 0.823 bits per heavy atom. The average Bonchev–Trinajstić information content (AvgIpc) is 3.27. The second kappa shape index (κ2) is 51.7. The van der Waals surface area contributed by atoms with E-state index in [0.717, 1.165) is 51.4 Å². The number of allylic oxidation sites excluding steroid dienone is 6. The molecule has 0 aliphatic heterocycles. The highest BCUT2D eigenvalue weighted by Crippen LogP contribution is 2.16. The van der Waals surface area contributed by atoms with Crippen molar-refractivity contribution in [3.63, 3.8) is 0 Å². The fourth-order valence-corrected chi connectivity index (χ4v) is 8.21. The van der Waals surface area contributed by atoms with Crippen molar-refractivity contribution in [2.75, 3.05) is 13.2 Å². The summed E-state index contributed by atoms with van der Waals surface area (Å²) in [4.78, 5) is 24.5. The quantitative estimate of drug-likeness (QED) is 0.0321. The van der Waals surface area contributed by atoms with E-state index in [1.165, 1.54) is 193 Å². The van der Waals surface area contributed by atoms with E-state index in [1.54, 1.807) is 0 Å². The SMILES string of the molecule is CCCCCCCC/C=C\CCCCCCCC(=O)OCCCCCCCC/C=C\C/C=C\CCC(=O)NC(CO)C(O)CCCCCCCCCCCCCCCCCCC. The number of esters is 1. The van der Waals surface area contributed by atoms with Crippen molar-refractivity contribution < 1.29 is 24.5 Å². The van der Waals surface area contributed by atoms with Gasteiger partial charge in [0.05, 0.1) is 25.4 Å². The number of hydrogen-bond acceptors (Lipinski definition) is 5. The Hall–Kier alpha value is -1.92. The van der Waals surface area contributed by atoms with E-state index in [0.29, 0.717) is 32.3 Å². The van der Waals surface area contributed by atoms with E-state index >= 15 is 0 Å². The number of carbonyl (C=O) groups excluding carboxylic acids is 2. The maximum Gasteiger partial charge on any atom is 0.305 e. The van der Waals surface area contributed by atoms with E-state index in [9.17, 15) is 19.8 Å². The number of carbonyl (C=O) groups is 2. The average molecular weight is 872 g/mol. The van der Waals surface area contributed by atoms with Crippen LogP contribution in [-0.2, 0) is 14.3 Å². The van der Waals surface area contributed by atoms with E-state index in [4.69, 9.17) is 4.74 Å². The van der Waals surface area contributed by atoms with Crippen molar-refractivity contribution in [1.82, 2.24) is 5.32 Å². The molecule has 0 saturated heterocycles. The lowest BCUT2D eigenvalue weighted by atomic mass is 10.0. The van der Waals surface area contributed by atoms with Gasteiger partial charge in [-0.3, -0.25) is 9.59 Å². The summed E-state index contributed by atoms with van der Waals surface area (Å²) < 4.78 is 5.45.